The molecule has 0 spiro atoms. The van der Waals surface area contributed by atoms with Crippen LogP contribution in [0.15, 0.2) is 24.4 Å². The zero-order valence-electron chi connectivity index (χ0n) is 8.68. The molecule has 0 aromatic carbocycles. The molecule has 0 unspecified atom stereocenters. The lowest BCUT2D eigenvalue weighted by molar-refractivity contribution is 0.306. The second kappa shape index (κ2) is 5.75. The largest absolute Gasteiger partial charge is 0.475 e. The maximum absolute atomic E-state index is 5.74. The van der Waals surface area contributed by atoms with Gasteiger partial charge in [-0.1, -0.05) is 17.7 Å². The summed E-state index contributed by atoms with van der Waals surface area (Å²) in [6.45, 7) is 0.395. The van der Waals surface area contributed by atoms with Crippen molar-refractivity contribution >= 4 is 23.2 Å². The first-order valence-electron chi connectivity index (χ1n) is 4.84. The second-order valence-electron chi connectivity index (χ2n) is 3.10. The fourth-order valence-corrected chi connectivity index (χ4v) is 1.42. The predicted molar refractivity (Wildman–Crippen MR) is 63.3 cm³/mol. The molecular formula is C10H8Cl2N4O. The van der Waals surface area contributed by atoms with E-state index in [1.807, 2.05) is 18.2 Å². The molecule has 0 amide bonds. The summed E-state index contributed by atoms with van der Waals surface area (Å²) in [5.74, 6) is 0.183. The molecule has 88 valence electrons. The van der Waals surface area contributed by atoms with Gasteiger partial charge in [-0.05, 0) is 23.7 Å². The lowest BCUT2D eigenvalue weighted by Gasteiger charge is -2.05. The minimum Gasteiger partial charge on any atom is -0.475 e. The Hall–Kier alpha value is -1.46. The van der Waals surface area contributed by atoms with E-state index >= 15 is 0 Å². The summed E-state index contributed by atoms with van der Waals surface area (Å²) in [4.78, 5) is 7.98. The van der Waals surface area contributed by atoms with Gasteiger partial charge in [-0.2, -0.15) is 4.98 Å². The van der Waals surface area contributed by atoms with Crippen molar-refractivity contribution < 1.29 is 4.74 Å². The maximum Gasteiger partial charge on any atom is 0.256 e. The van der Waals surface area contributed by atoms with Crippen LogP contribution in [0.3, 0.4) is 0 Å². The molecule has 2 heterocycles. The number of rotatable bonds is 4. The van der Waals surface area contributed by atoms with Gasteiger partial charge in [0.15, 0.2) is 0 Å². The van der Waals surface area contributed by atoms with E-state index in [2.05, 4.69) is 20.2 Å². The average molecular weight is 271 g/mol. The smallest absolute Gasteiger partial charge is 0.256 e. The third-order valence-corrected chi connectivity index (χ3v) is 2.31. The molecule has 0 aliphatic heterocycles. The molecule has 0 saturated carbocycles. The summed E-state index contributed by atoms with van der Waals surface area (Å²) in [5, 5.41) is 7.17. The minimum absolute atomic E-state index is 0.00207. The highest BCUT2D eigenvalue weighted by atomic mass is 35.5. The van der Waals surface area contributed by atoms with Crippen molar-refractivity contribution in [2.45, 2.75) is 6.42 Å². The van der Waals surface area contributed by atoms with Crippen LogP contribution in [0, 0.1) is 0 Å². The average Bonchev–Trinajstić information content (AvgIpc) is 2.35. The van der Waals surface area contributed by atoms with Gasteiger partial charge in [-0.25, -0.2) is 0 Å². The Morgan fingerprint density at radius 3 is 2.82 bits per heavy atom. The highest BCUT2D eigenvalue weighted by Crippen LogP contribution is 2.19. The summed E-state index contributed by atoms with van der Waals surface area (Å²) in [6, 6.07) is 5.68. The zero-order chi connectivity index (χ0) is 12.1. The molecule has 0 saturated heterocycles. The molecule has 17 heavy (non-hydrogen) atoms. The van der Waals surface area contributed by atoms with Crippen LogP contribution in [0.25, 0.3) is 0 Å². The van der Waals surface area contributed by atoms with E-state index in [9.17, 15) is 0 Å². The van der Waals surface area contributed by atoms with Gasteiger partial charge >= 0.3 is 0 Å². The van der Waals surface area contributed by atoms with Gasteiger partial charge in [0.25, 0.3) is 5.88 Å². The lowest BCUT2D eigenvalue weighted by Crippen LogP contribution is -2.05. The Morgan fingerprint density at radius 2 is 2.06 bits per heavy atom. The minimum atomic E-state index is 0.00207. The summed E-state index contributed by atoms with van der Waals surface area (Å²) in [6.07, 6.45) is 2.38. The molecular weight excluding hydrogens is 263 g/mol. The Bertz CT molecular complexity index is 495. The molecule has 0 aliphatic rings. The van der Waals surface area contributed by atoms with Gasteiger partial charge in [0.1, 0.15) is 0 Å². The van der Waals surface area contributed by atoms with Crippen LogP contribution in [0.4, 0.5) is 0 Å². The van der Waals surface area contributed by atoms with Crippen LogP contribution in [0.1, 0.15) is 5.69 Å². The molecule has 0 radical (unpaired) electrons. The third kappa shape index (κ3) is 3.51. The molecule has 5 nitrogen and oxygen atoms in total. The molecule has 2 rings (SSSR count). The van der Waals surface area contributed by atoms with Gasteiger partial charge in [-0.15, -0.1) is 10.2 Å². The van der Waals surface area contributed by atoms with Gasteiger partial charge in [-0.3, -0.25) is 4.98 Å². The van der Waals surface area contributed by atoms with E-state index in [1.165, 1.54) is 0 Å². The zero-order valence-corrected chi connectivity index (χ0v) is 10.2. The van der Waals surface area contributed by atoms with Crippen LogP contribution >= 0.6 is 23.2 Å². The number of pyridine rings is 1. The number of hydrogen-bond donors (Lipinski definition) is 0. The third-order valence-electron chi connectivity index (χ3n) is 1.91. The van der Waals surface area contributed by atoms with E-state index in [0.717, 1.165) is 5.69 Å². The van der Waals surface area contributed by atoms with Crippen LogP contribution < -0.4 is 4.74 Å². The number of aromatic nitrogens is 4. The Labute approximate surface area is 108 Å². The van der Waals surface area contributed by atoms with E-state index < -0.39 is 0 Å². The van der Waals surface area contributed by atoms with Crippen LogP contribution in [-0.4, -0.2) is 26.8 Å². The lowest BCUT2D eigenvalue weighted by atomic mass is 10.3. The fraction of sp³-hybridized carbons (Fsp3) is 0.200. The van der Waals surface area contributed by atoms with Gasteiger partial charge in [0.05, 0.1) is 6.61 Å². The fourth-order valence-electron chi connectivity index (χ4n) is 1.17. The van der Waals surface area contributed by atoms with Crippen molar-refractivity contribution in [3.8, 4) is 5.88 Å². The van der Waals surface area contributed by atoms with Gasteiger partial charge in [0, 0.05) is 18.3 Å². The molecule has 2 aromatic rings. The standard InChI is InChI=1S/C10H8Cl2N4O/c11-8-9(14-10(12)16-15-8)17-6-4-7-3-1-2-5-13-7/h1-3,5H,4,6H2. The number of ether oxygens (including phenoxy) is 1. The van der Waals surface area contributed by atoms with Crippen molar-refractivity contribution in [3.63, 3.8) is 0 Å². The second-order valence-corrected chi connectivity index (χ2v) is 3.79. The van der Waals surface area contributed by atoms with E-state index in [1.54, 1.807) is 6.20 Å². The summed E-state index contributed by atoms with van der Waals surface area (Å²) < 4.78 is 5.35. The summed E-state index contributed by atoms with van der Waals surface area (Å²) in [5.41, 5.74) is 0.928. The van der Waals surface area contributed by atoms with E-state index in [0.29, 0.717) is 13.0 Å². The first-order valence-corrected chi connectivity index (χ1v) is 5.60. The number of nitrogens with zero attached hydrogens (tertiary/aromatic N) is 4. The van der Waals surface area contributed by atoms with Crippen molar-refractivity contribution in [1.82, 2.24) is 20.2 Å². The van der Waals surface area contributed by atoms with Crippen molar-refractivity contribution in [3.05, 3.63) is 40.5 Å². The number of hydrogen-bond acceptors (Lipinski definition) is 5. The van der Waals surface area contributed by atoms with Crippen molar-refractivity contribution in [1.29, 1.82) is 0 Å². The van der Waals surface area contributed by atoms with Gasteiger partial charge < -0.3 is 4.74 Å². The summed E-state index contributed by atoms with van der Waals surface area (Å²) in [7, 11) is 0. The number of halogens is 2. The van der Waals surface area contributed by atoms with Crippen LogP contribution in [-0.2, 0) is 6.42 Å². The van der Waals surface area contributed by atoms with E-state index in [-0.39, 0.29) is 16.3 Å². The molecule has 0 atom stereocenters. The Kier molecular flexibility index (Phi) is 4.06. The predicted octanol–water partition coefficient (Wildman–Crippen LogP) is 2.19. The molecule has 7 heteroatoms. The molecule has 0 fully saturated rings. The Balaban J connectivity index is 1.92. The monoisotopic (exact) mass is 270 g/mol. The van der Waals surface area contributed by atoms with Crippen LogP contribution in [0.2, 0.25) is 10.4 Å². The quantitative estimate of drug-likeness (QED) is 0.853. The molecule has 0 aliphatic carbocycles. The van der Waals surface area contributed by atoms with E-state index in [4.69, 9.17) is 27.9 Å². The SMILES string of the molecule is Clc1nnc(Cl)c(OCCc2ccccn2)n1. The van der Waals surface area contributed by atoms with Crippen LogP contribution in [0.5, 0.6) is 5.88 Å². The van der Waals surface area contributed by atoms with Gasteiger partial charge in [0.2, 0.25) is 10.4 Å². The normalized spacial score (nSPS) is 10.2. The first-order chi connectivity index (χ1) is 8.25. The highest BCUT2D eigenvalue weighted by Gasteiger charge is 2.07. The first kappa shape index (κ1) is 12.0. The van der Waals surface area contributed by atoms with Crippen molar-refractivity contribution in [2.75, 3.05) is 6.61 Å². The maximum atomic E-state index is 5.74. The summed E-state index contributed by atoms with van der Waals surface area (Å²) >= 11 is 11.3. The topological polar surface area (TPSA) is 60.8 Å². The molecule has 0 N–H and O–H groups in total. The highest BCUT2D eigenvalue weighted by molar-refractivity contribution is 6.31. The Morgan fingerprint density at radius 1 is 1.18 bits per heavy atom. The molecule has 2 aromatic heterocycles. The van der Waals surface area contributed by atoms with Crippen molar-refractivity contribution in [2.24, 2.45) is 0 Å². The molecule has 0 bridgehead atoms.